The molecule has 0 spiro atoms. The Morgan fingerprint density at radius 2 is 1.55 bits per heavy atom. The smallest absolute Gasteiger partial charge is 0.323 e. The molecule has 1 aromatic rings. The molecule has 0 saturated carbocycles. The maximum absolute atomic E-state index is 12.2. The first-order valence-electron chi connectivity index (χ1n) is 9.50. The molecule has 0 radical (unpaired) electrons. The van der Waals surface area contributed by atoms with Crippen LogP contribution in [-0.4, -0.2) is 55.9 Å². The zero-order valence-corrected chi connectivity index (χ0v) is 16.9. The molecular formula is C20H31N3O6. The van der Waals surface area contributed by atoms with E-state index in [1.54, 1.807) is 0 Å². The second-order valence-electron chi connectivity index (χ2n) is 7.11. The Labute approximate surface area is 170 Å². The number of esters is 3. The second kappa shape index (κ2) is 12.9. The number of carbonyl (C=O) groups excluding carboxylic acids is 3. The molecule has 9 heteroatoms. The molecule has 0 bridgehead atoms. The van der Waals surface area contributed by atoms with Gasteiger partial charge >= 0.3 is 17.9 Å². The molecule has 0 aliphatic carbocycles. The summed E-state index contributed by atoms with van der Waals surface area (Å²) >= 11 is 0. The van der Waals surface area contributed by atoms with Gasteiger partial charge in [-0.25, -0.2) is 0 Å². The van der Waals surface area contributed by atoms with Gasteiger partial charge in [-0.05, 0) is 24.3 Å². The first-order chi connectivity index (χ1) is 13.7. The van der Waals surface area contributed by atoms with Gasteiger partial charge in [-0.15, -0.1) is 0 Å². The molecule has 9 nitrogen and oxygen atoms in total. The SMILES string of the molecule is CC(C)C[C@H](N)C(=O)OC(COC(=O)CN)COC(=O)[C@@H](N)Cc1ccccc1. The number of rotatable bonds is 12. The third-order valence-electron chi connectivity index (χ3n) is 3.92. The topological polar surface area (TPSA) is 157 Å². The van der Waals surface area contributed by atoms with E-state index in [1.807, 2.05) is 44.2 Å². The minimum Gasteiger partial charge on any atom is -0.461 e. The minimum absolute atomic E-state index is 0.194. The van der Waals surface area contributed by atoms with Crippen molar-refractivity contribution in [2.75, 3.05) is 19.8 Å². The number of ether oxygens (including phenoxy) is 3. The molecule has 1 aromatic carbocycles. The Bertz CT molecular complexity index is 653. The molecule has 1 rings (SSSR count). The normalized spacial score (nSPS) is 14.0. The summed E-state index contributed by atoms with van der Waals surface area (Å²) in [5.41, 5.74) is 17.8. The highest BCUT2D eigenvalue weighted by Gasteiger charge is 2.25. The van der Waals surface area contributed by atoms with Crippen LogP contribution in [-0.2, 0) is 35.0 Å². The van der Waals surface area contributed by atoms with E-state index in [9.17, 15) is 14.4 Å². The number of nitrogens with two attached hydrogens (primary N) is 3. The summed E-state index contributed by atoms with van der Waals surface area (Å²) in [5.74, 6) is -1.81. The fourth-order valence-corrected chi connectivity index (χ4v) is 2.45. The Hall–Kier alpha value is -2.49. The van der Waals surface area contributed by atoms with E-state index in [1.165, 1.54) is 0 Å². The van der Waals surface area contributed by atoms with Crippen molar-refractivity contribution < 1.29 is 28.6 Å². The van der Waals surface area contributed by atoms with Gasteiger partial charge in [-0.2, -0.15) is 0 Å². The molecule has 0 aliphatic heterocycles. The van der Waals surface area contributed by atoms with Gasteiger partial charge in [-0.1, -0.05) is 44.2 Å². The molecule has 0 saturated heterocycles. The first kappa shape index (κ1) is 24.5. The second-order valence-corrected chi connectivity index (χ2v) is 7.11. The van der Waals surface area contributed by atoms with E-state index in [-0.39, 0.29) is 25.7 Å². The summed E-state index contributed by atoms with van der Waals surface area (Å²) in [7, 11) is 0. The van der Waals surface area contributed by atoms with Gasteiger partial charge in [0.2, 0.25) is 0 Å². The van der Waals surface area contributed by atoms with Crippen molar-refractivity contribution in [3.05, 3.63) is 35.9 Å². The average Bonchev–Trinajstić information content (AvgIpc) is 2.69. The summed E-state index contributed by atoms with van der Waals surface area (Å²) in [5, 5.41) is 0. The first-order valence-corrected chi connectivity index (χ1v) is 9.50. The molecular weight excluding hydrogens is 378 g/mol. The Morgan fingerprint density at radius 1 is 0.931 bits per heavy atom. The molecule has 3 atom stereocenters. The van der Waals surface area contributed by atoms with Crippen molar-refractivity contribution in [2.45, 2.75) is 44.9 Å². The lowest BCUT2D eigenvalue weighted by molar-refractivity contribution is -0.167. The lowest BCUT2D eigenvalue weighted by atomic mass is 10.0. The Kier molecular flexibility index (Phi) is 10.9. The van der Waals surface area contributed by atoms with Gasteiger partial charge in [0.05, 0.1) is 6.54 Å². The van der Waals surface area contributed by atoms with Crippen molar-refractivity contribution >= 4 is 17.9 Å². The molecule has 0 aliphatic rings. The van der Waals surface area contributed by atoms with E-state index in [0.29, 0.717) is 12.8 Å². The van der Waals surface area contributed by atoms with Gasteiger partial charge < -0.3 is 31.4 Å². The summed E-state index contributed by atoms with van der Waals surface area (Å²) < 4.78 is 15.3. The fraction of sp³-hybridized carbons (Fsp3) is 0.550. The molecule has 29 heavy (non-hydrogen) atoms. The predicted octanol–water partition coefficient (Wildman–Crippen LogP) is -0.113. The number of carbonyl (C=O) groups is 3. The zero-order chi connectivity index (χ0) is 21.8. The highest BCUT2D eigenvalue weighted by molar-refractivity contribution is 5.77. The van der Waals surface area contributed by atoms with Crippen LogP contribution in [0.3, 0.4) is 0 Å². The van der Waals surface area contributed by atoms with Crippen LogP contribution >= 0.6 is 0 Å². The lowest BCUT2D eigenvalue weighted by Crippen LogP contribution is -2.41. The average molecular weight is 409 g/mol. The molecule has 1 unspecified atom stereocenters. The van der Waals surface area contributed by atoms with E-state index < -0.39 is 36.1 Å². The van der Waals surface area contributed by atoms with E-state index in [2.05, 4.69) is 0 Å². The zero-order valence-electron chi connectivity index (χ0n) is 16.9. The van der Waals surface area contributed by atoms with Gasteiger partial charge in [0.15, 0.2) is 6.10 Å². The maximum Gasteiger partial charge on any atom is 0.323 e. The number of hydrogen-bond donors (Lipinski definition) is 3. The molecule has 162 valence electrons. The van der Waals surface area contributed by atoms with Crippen LogP contribution in [0.25, 0.3) is 0 Å². The Morgan fingerprint density at radius 3 is 2.14 bits per heavy atom. The Balaban J connectivity index is 2.61. The highest BCUT2D eigenvalue weighted by atomic mass is 16.6. The van der Waals surface area contributed by atoms with Crippen LogP contribution in [0.1, 0.15) is 25.8 Å². The molecule has 0 heterocycles. The largest absolute Gasteiger partial charge is 0.461 e. The third kappa shape index (κ3) is 10.0. The van der Waals surface area contributed by atoms with Crippen LogP contribution in [0, 0.1) is 5.92 Å². The van der Waals surface area contributed by atoms with Crippen molar-refractivity contribution in [2.24, 2.45) is 23.1 Å². The van der Waals surface area contributed by atoms with Crippen molar-refractivity contribution in [3.8, 4) is 0 Å². The van der Waals surface area contributed by atoms with Crippen molar-refractivity contribution in [3.63, 3.8) is 0 Å². The van der Waals surface area contributed by atoms with Gasteiger partial charge in [0.25, 0.3) is 0 Å². The van der Waals surface area contributed by atoms with Crippen molar-refractivity contribution in [1.29, 1.82) is 0 Å². The van der Waals surface area contributed by atoms with Crippen LogP contribution < -0.4 is 17.2 Å². The van der Waals surface area contributed by atoms with Crippen LogP contribution in [0.15, 0.2) is 30.3 Å². The lowest BCUT2D eigenvalue weighted by Gasteiger charge is -2.21. The predicted molar refractivity (Wildman–Crippen MR) is 106 cm³/mol. The molecule has 0 amide bonds. The van der Waals surface area contributed by atoms with Crippen LogP contribution in [0.5, 0.6) is 0 Å². The maximum atomic E-state index is 12.2. The summed E-state index contributed by atoms with van der Waals surface area (Å²) in [6.45, 7) is 2.89. The summed E-state index contributed by atoms with van der Waals surface area (Å²) in [6, 6.07) is 7.52. The van der Waals surface area contributed by atoms with E-state index in [0.717, 1.165) is 5.56 Å². The van der Waals surface area contributed by atoms with Crippen LogP contribution in [0.2, 0.25) is 0 Å². The monoisotopic (exact) mass is 409 g/mol. The van der Waals surface area contributed by atoms with E-state index >= 15 is 0 Å². The van der Waals surface area contributed by atoms with Crippen molar-refractivity contribution in [1.82, 2.24) is 0 Å². The number of hydrogen-bond acceptors (Lipinski definition) is 9. The highest BCUT2D eigenvalue weighted by Crippen LogP contribution is 2.08. The van der Waals surface area contributed by atoms with Gasteiger partial charge in [0, 0.05) is 0 Å². The summed E-state index contributed by atoms with van der Waals surface area (Å²) in [4.78, 5) is 35.6. The van der Waals surface area contributed by atoms with E-state index in [4.69, 9.17) is 31.4 Å². The standard InChI is InChI=1S/C20H31N3O6/c1-13(2)8-16(22)20(26)29-15(11-27-18(24)10-21)12-28-19(25)17(23)9-14-6-4-3-5-7-14/h3-7,13,15-17H,8-12,21-23H2,1-2H3/t15?,16-,17-/m0/s1. The van der Waals surface area contributed by atoms with Gasteiger partial charge in [-0.3, -0.25) is 14.4 Å². The summed E-state index contributed by atoms with van der Waals surface area (Å²) in [6.07, 6.45) is -0.286. The fourth-order valence-electron chi connectivity index (χ4n) is 2.45. The molecule has 0 fully saturated rings. The molecule has 0 aromatic heterocycles. The molecule has 6 N–H and O–H groups in total. The number of benzene rings is 1. The quantitative estimate of drug-likeness (QED) is 0.316. The van der Waals surface area contributed by atoms with Gasteiger partial charge in [0.1, 0.15) is 25.3 Å². The van der Waals surface area contributed by atoms with Crippen LogP contribution in [0.4, 0.5) is 0 Å². The minimum atomic E-state index is -1.01. The third-order valence-corrected chi connectivity index (χ3v) is 3.92.